The van der Waals surface area contributed by atoms with Gasteiger partial charge in [0.2, 0.25) is 0 Å². The Labute approximate surface area is 298 Å². The zero-order valence-electron chi connectivity index (χ0n) is 29.3. The van der Waals surface area contributed by atoms with E-state index in [1.165, 1.54) is 6.33 Å². The quantitative estimate of drug-likeness (QED) is 0.166. The number of fused-ring (bicyclic) bond motifs is 1. The van der Waals surface area contributed by atoms with Gasteiger partial charge in [0.25, 0.3) is 5.97 Å². The van der Waals surface area contributed by atoms with Crippen LogP contribution in [0.15, 0.2) is 91.3 Å². The molecule has 1 aliphatic heterocycles. The van der Waals surface area contributed by atoms with Crippen LogP contribution in [0.25, 0.3) is 22.3 Å². The summed E-state index contributed by atoms with van der Waals surface area (Å²) < 4.78 is 2.10. The Morgan fingerprint density at radius 1 is 0.843 bits per heavy atom. The molecule has 12 heteroatoms. The smallest absolute Gasteiger partial charge is 0.315 e. The summed E-state index contributed by atoms with van der Waals surface area (Å²) in [6, 6.07) is 28.5. The van der Waals surface area contributed by atoms with Crippen molar-refractivity contribution in [1.82, 2.24) is 40.2 Å². The largest absolute Gasteiger partial charge is 0.481 e. The Kier molecular flexibility index (Phi) is 11.5. The molecule has 3 heterocycles. The Balaban J connectivity index is 0.00000107. The van der Waals surface area contributed by atoms with Gasteiger partial charge in [-0.05, 0) is 49.4 Å². The van der Waals surface area contributed by atoms with Crippen molar-refractivity contribution in [3.63, 3.8) is 0 Å². The second-order valence-electron chi connectivity index (χ2n) is 13.3. The van der Waals surface area contributed by atoms with E-state index in [1.54, 1.807) is 0 Å². The number of carbonyl (C=O) groups excluding carboxylic acids is 1. The van der Waals surface area contributed by atoms with Crippen LogP contribution in [0.5, 0.6) is 0 Å². The van der Waals surface area contributed by atoms with Crippen LogP contribution in [0, 0.1) is 0 Å². The summed E-state index contributed by atoms with van der Waals surface area (Å²) in [6.07, 6.45) is 5.98. The number of urea groups is 1. The zero-order valence-corrected chi connectivity index (χ0v) is 29.3. The second-order valence-corrected chi connectivity index (χ2v) is 13.3. The van der Waals surface area contributed by atoms with Crippen LogP contribution in [0.2, 0.25) is 0 Å². The number of hydrogen-bond acceptors (Lipinski definition) is 8. The van der Waals surface area contributed by atoms with Gasteiger partial charge in [-0.3, -0.25) is 9.69 Å². The minimum absolute atomic E-state index is 0.233. The summed E-state index contributed by atoms with van der Waals surface area (Å²) in [5.41, 5.74) is 12.0. The Bertz CT molecular complexity index is 1880. The van der Waals surface area contributed by atoms with Gasteiger partial charge in [0.15, 0.2) is 5.65 Å². The maximum atomic E-state index is 13.1. The summed E-state index contributed by atoms with van der Waals surface area (Å²) in [6.45, 7) is 6.13. The minimum atomic E-state index is -0.833. The number of anilines is 1. The SMILES string of the molecule is CC(=O)O.CN1CCN(C2CCC(n3nc(-c4ccc(C(NC(=O)NCc5ccccc5)c5ccccc5)cc4)c4c(N)ncnc43)CC2)CC1. The van der Waals surface area contributed by atoms with Crippen molar-refractivity contribution in [2.75, 3.05) is 39.0 Å². The highest BCUT2D eigenvalue weighted by atomic mass is 16.4. The van der Waals surface area contributed by atoms with E-state index in [0.717, 1.165) is 97.8 Å². The van der Waals surface area contributed by atoms with E-state index in [9.17, 15) is 4.79 Å². The van der Waals surface area contributed by atoms with Crippen LogP contribution in [-0.4, -0.2) is 85.9 Å². The fourth-order valence-electron chi connectivity index (χ4n) is 7.11. The number of benzene rings is 3. The fraction of sp³-hybridized carbons (Fsp3) is 0.359. The highest BCUT2D eigenvalue weighted by Crippen LogP contribution is 2.37. The maximum Gasteiger partial charge on any atom is 0.315 e. The van der Waals surface area contributed by atoms with E-state index in [0.29, 0.717) is 18.4 Å². The number of nitrogens with one attached hydrogen (secondary N) is 2. The van der Waals surface area contributed by atoms with Gasteiger partial charge >= 0.3 is 6.03 Å². The van der Waals surface area contributed by atoms with Crippen LogP contribution in [0.3, 0.4) is 0 Å². The van der Waals surface area contributed by atoms with Gasteiger partial charge in [-0.15, -0.1) is 0 Å². The molecule has 1 saturated heterocycles. The van der Waals surface area contributed by atoms with Crippen LogP contribution in [0.4, 0.5) is 10.6 Å². The molecule has 51 heavy (non-hydrogen) atoms. The molecular weight excluding hydrogens is 642 g/mol. The monoisotopic (exact) mass is 689 g/mol. The molecule has 2 amide bonds. The number of carboxylic acids is 1. The third kappa shape index (κ3) is 8.89. The molecule has 2 fully saturated rings. The van der Waals surface area contributed by atoms with Crippen molar-refractivity contribution in [1.29, 1.82) is 0 Å². The van der Waals surface area contributed by atoms with Crippen LogP contribution in [-0.2, 0) is 11.3 Å². The molecule has 12 nitrogen and oxygen atoms in total. The first-order valence-electron chi connectivity index (χ1n) is 17.6. The zero-order chi connectivity index (χ0) is 35.7. The van der Waals surface area contributed by atoms with Crippen molar-refractivity contribution in [2.45, 2.75) is 57.3 Å². The standard InChI is InChI=1S/C37H43N9O.C2H4O2/c1-44-20-22-45(23-21-44)30-16-18-31(19-17-30)46-36-32(35(38)40-25-41-36)34(43-46)29-14-12-28(13-15-29)33(27-10-6-3-7-11-27)42-37(47)39-24-26-8-4-2-5-9-26;1-2(3)4/h2-15,25,30-31,33H,16-24H2,1H3,(H2,38,40,41)(H2,39,42,47);1H3,(H,3,4). The summed E-state index contributed by atoms with van der Waals surface area (Å²) >= 11 is 0. The van der Waals surface area contributed by atoms with Gasteiger partial charge < -0.3 is 26.4 Å². The molecule has 5 N–H and O–H groups in total. The topological polar surface area (TPSA) is 155 Å². The van der Waals surface area contributed by atoms with Crippen molar-refractivity contribution in [3.8, 4) is 11.3 Å². The molecule has 0 bridgehead atoms. The first-order valence-corrected chi connectivity index (χ1v) is 17.6. The Hall–Kier alpha value is -5.33. The lowest BCUT2D eigenvalue weighted by Gasteiger charge is -2.41. The maximum absolute atomic E-state index is 13.1. The average Bonchev–Trinajstić information content (AvgIpc) is 3.55. The number of aromatic nitrogens is 4. The number of amides is 2. The number of piperazine rings is 1. The number of nitrogen functional groups attached to an aromatic ring is 1. The molecule has 0 radical (unpaired) electrons. The molecular formula is C39H47N9O3. The molecule has 1 saturated carbocycles. The molecule has 1 atom stereocenters. The minimum Gasteiger partial charge on any atom is -0.481 e. The van der Waals surface area contributed by atoms with Crippen LogP contribution < -0.4 is 16.4 Å². The highest BCUT2D eigenvalue weighted by molar-refractivity contribution is 5.98. The van der Waals surface area contributed by atoms with Crippen LogP contribution >= 0.6 is 0 Å². The predicted octanol–water partition coefficient (Wildman–Crippen LogP) is 5.49. The number of rotatable bonds is 8. The number of nitrogens with two attached hydrogens (primary N) is 1. The lowest BCUT2D eigenvalue weighted by Crippen LogP contribution is -2.49. The number of carbonyl (C=O) groups is 2. The van der Waals surface area contributed by atoms with Crippen molar-refractivity contribution in [3.05, 3.63) is 108 Å². The molecule has 266 valence electrons. The summed E-state index contributed by atoms with van der Waals surface area (Å²) in [4.78, 5) is 36.2. The third-order valence-corrected chi connectivity index (χ3v) is 9.81. The number of aliphatic carboxylic acids is 1. The van der Waals surface area contributed by atoms with Gasteiger partial charge in [0, 0.05) is 51.3 Å². The van der Waals surface area contributed by atoms with Gasteiger partial charge in [0.1, 0.15) is 17.8 Å². The van der Waals surface area contributed by atoms with Gasteiger partial charge in [-0.1, -0.05) is 84.9 Å². The number of likely N-dealkylation sites (N-methyl/N-ethyl adjacent to an activating group) is 1. The van der Waals surface area contributed by atoms with E-state index in [4.69, 9.17) is 20.7 Å². The molecule has 2 aliphatic rings. The van der Waals surface area contributed by atoms with Crippen LogP contribution in [0.1, 0.15) is 61.4 Å². The number of nitrogens with zero attached hydrogens (tertiary/aromatic N) is 6. The normalized spacial score (nSPS) is 18.7. The predicted molar refractivity (Wildman–Crippen MR) is 199 cm³/mol. The summed E-state index contributed by atoms with van der Waals surface area (Å²) in [5, 5.41) is 19.5. The molecule has 1 unspecified atom stereocenters. The van der Waals surface area contributed by atoms with E-state index < -0.39 is 5.97 Å². The van der Waals surface area contributed by atoms with E-state index >= 15 is 0 Å². The van der Waals surface area contributed by atoms with Crippen molar-refractivity contribution in [2.24, 2.45) is 0 Å². The first-order chi connectivity index (χ1) is 24.8. The number of hydrogen-bond donors (Lipinski definition) is 4. The summed E-state index contributed by atoms with van der Waals surface area (Å²) in [5.74, 6) is -0.398. The molecule has 0 spiro atoms. The molecule has 3 aromatic carbocycles. The molecule has 1 aliphatic carbocycles. The highest BCUT2D eigenvalue weighted by Gasteiger charge is 2.31. The van der Waals surface area contributed by atoms with Gasteiger partial charge in [-0.2, -0.15) is 5.10 Å². The molecule has 5 aromatic rings. The first kappa shape index (κ1) is 35.5. The van der Waals surface area contributed by atoms with E-state index in [2.05, 4.69) is 66.4 Å². The second kappa shape index (κ2) is 16.6. The lowest BCUT2D eigenvalue weighted by molar-refractivity contribution is -0.134. The van der Waals surface area contributed by atoms with Gasteiger partial charge in [-0.25, -0.2) is 19.4 Å². The van der Waals surface area contributed by atoms with Gasteiger partial charge in [0.05, 0.1) is 17.5 Å². The third-order valence-electron chi connectivity index (χ3n) is 9.81. The Morgan fingerprint density at radius 2 is 1.43 bits per heavy atom. The summed E-state index contributed by atoms with van der Waals surface area (Å²) in [7, 11) is 2.21. The lowest BCUT2D eigenvalue weighted by atomic mass is 9.90. The number of carboxylic acid groups (broad SMARTS) is 1. The van der Waals surface area contributed by atoms with Crippen molar-refractivity contribution >= 4 is 28.9 Å². The average molecular weight is 690 g/mol. The van der Waals surface area contributed by atoms with Crippen molar-refractivity contribution < 1.29 is 14.7 Å². The van der Waals surface area contributed by atoms with E-state index in [1.807, 2.05) is 60.7 Å². The molecule has 7 rings (SSSR count). The molecule has 2 aromatic heterocycles. The van der Waals surface area contributed by atoms with E-state index in [-0.39, 0.29) is 18.1 Å². The fourth-order valence-corrected chi connectivity index (χ4v) is 7.11. The Morgan fingerprint density at radius 3 is 2.08 bits per heavy atom.